The zero-order chi connectivity index (χ0) is 9.30. The summed E-state index contributed by atoms with van der Waals surface area (Å²) < 4.78 is 24.3. The van der Waals surface area contributed by atoms with E-state index in [1.54, 1.807) is 6.92 Å². The van der Waals surface area contributed by atoms with Crippen molar-refractivity contribution in [2.75, 3.05) is 0 Å². The highest BCUT2D eigenvalue weighted by molar-refractivity contribution is 6.33. The van der Waals surface area contributed by atoms with E-state index in [2.05, 4.69) is 4.98 Å². The van der Waals surface area contributed by atoms with Crippen LogP contribution in [0.3, 0.4) is 0 Å². The molecule has 1 rings (SSSR count). The predicted octanol–water partition coefficient (Wildman–Crippen LogP) is 3.63. The number of halogens is 4. The fourth-order valence-corrected chi connectivity index (χ4v) is 1.16. The molecular formula is C7H5Cl2F2N. The minimum atomic E-state index is -2.68. The summed E-state index contributed by atoms with van der Waals surface area (Å²) in [7, 11) is 0. The number of pyridine rings is 1. The molecular weight excluding hydrogens is 207 g/mol. The van der Waals surface area contributed by atoms with Crippen LogP contribution in [0.2, 0.25) is 10.2 Å². The number of rotatable bonds is 1. The first-order chi connectivity index (χ1) is 5.52. The first-order valence-corrected chi connectivity index (χ1v) is 3.88. The molecule has 0 amide bonds. The number of alkyl halides is 2. The van der Waals surface area contributed by atoms with Crippen LogP contribution < -0.4 is 0 Å². The summed E-state index contributed by atoms with van der Waals surface area (Å²) in [5.74, 6) is 0. The van der Waals surface area contributed by atoms with Crippen LogP contribution in [-0.2, 0) is 0 Å². The molecule has 1 nitrogen and oxygen atoms in total. The highest BCUT2D eigenvalue weighted by Gasteiger charge is 2.15. The van der Waals surface area contributed by atoms with Crippen molar-refractivity contribution in [2.24, 2.45) is 0 Å². The van der Waals surface area contributed by atoms with E-state index in [0.29, 0.717) is 5.56 Å². The van der Waals surface area contributed by atoms with Crippen molar-refractivity contribution < 1.29 is 8.78 Å². The van der Waals surface area contributed by atoms with Crippen LogP contribution in [0, 0.1) is 6.92 Å². The van der Waals surface area contributed by atoms with Crippen LogP contribution in [-0.4, -0.2) is 4.98 Å². The molecule has 0 atom stereocenters. The number of aromatic nitrogens is 1. The third kappa shape index (κ3) is 1.84. The Morgan fingerprint density at radius 3 is 2.50 bits per heavy atom. The molecule has 0 radical (unpaired) electrons. The van der Waals surface area contributed by atoms with Crippen molar-refractivity contribution in [3.63, 3.8) is 0 Å². The van der Waals surface area contributed by atoms with Gasteiger partial charge in [-0.05, 0) is 18.6 Å². The summed E-state index contributed by atoms with van der Waals surface area (Å²) in [6, 6.07) is 1.37. The van der Waals surface area contributed by atoms with E-state index in [-0.39, 0.29) is 10.2 Å². The smallest absolute Gasteiger partial charge is 0.233 e. The van der Waals surface area contributed by atoms with Gasteiger partial charge in [-0.2, -0.15) is 0 Å². The summed E-state index contributed by atoms with van der Waals surface area (Å²) in [5, 5.41) is 0.0154. The third-order valence-corrected chi connectivity index (χ3v) is 2.02. The standard InChI is InChI=1S/C7H5Cl2F2N/c1-3-2-4(8)5(7(10)11)12-6(3)9/h2,7H,1H3. The highest BCUT2D eigenvalue weighted by Crippen LogP contribution is 2.28. The second-order valence-electron chi connectivity index (χ2n) is 2.26. The second kappa shape index (κ2) is 3.54. The number of hydrogen-bond donors (Lipinski definition) is 0. The van der Waals surface area contributed by atoms with Gasteiger partial charge in [-0.1, -0.05) is 23.2 Å². The lowest BCUT2D eigenvalue weighted by atomic mass is 10.3. The minimum Gasteiger partial charge on any atom is -0.233 e. The van der Waals surface area contributed by atoms with Crippen LogP contribution >= 0.6 is 23.2 Å². The molecule has 0 aliphatic carbocycles. The van der Waals surface area contributed by atoms with Crippen LogP contribution in [0.15, 0.2) is 6.07 Å². The molecule has 0 aromatic carbocycles. The van der Waals surface area contributed by atoms with Crippen molar-refractivity contribution in [2.45, 2.75) is 13.3 Å². The topological polar surface area (TPSA) is 12.9 Å². The first-order valence-electron chi connectivity index (χ1n) is 3.13. The maximum Gasteiger partial charge on any atom is 0.281 e. The van der Waals surface area contributed by atoms with Gasteiger partial charge in [-0.15, -0.1) is 0 Å². The molecule has 1 heterocycles. The van der Waals surface area contributed by atoms with Gasteiger partial charge >= 0.3 is 0 Å². The Kier molecular flexibility index (Phi) is 2.85. The lowest BCUT2D eigenvalue weighted by Crippen LogP contribution is -1.93. The Balaban J connectivity index is 3.23. The van der Waals surface area contributed by atoms with Crippen LogP contribution in [0.4, 0.5) is 8.78 Å². The largest absolute Gasteiger partial charge is 0.281 e. The predicted molar refractivity (Wildman–Crippen MR) is 44.0 cm³/mol. The molecule has 0 saturated heterocycles. The van der Waals surface area contributed by atoms with Gasteiger partial charge in [0, 0.05) is 0 Å². The van der Waals surface area contributed by atoms with Crippen molar-refractivity contribution in [1.29, 1.82) is 0 Å². The average Bonchev–Trinajstić information content (AvgIpc) is 1.96. The van der Waals surface area contributed by atoms with E-state index in [1.807, 2.05) is 0 Å². The van der Waals surface area contributed by atoms with Gasteiger partial charge in [0.15, 0.2) is 0 Å². The van der Waals surface area contributed by atoms with Crippen LogP contribution in [0.1, 0.15) is 17.7 Å². The minimum absolute atomic E-state index is 0.0492. The SMILES string of the molecule is Cc1cc(Cl)c(C(F)F)nc1Cl. The highest BCUT2D eigenvalue weighted by atomic mass is 35.5. The number of hydrogen-bond acceptors (Lipinski definition) is 1. The Morgan fingerprint density at radius 2 is 2.00 bits per heavy atom. The second-order valence-corrected chi connectivity index (χ2v) is 3.03. The summed E-state index contributed by atoms with van der Waals surface area (Å²) in [6.07, 6.45) is -2.68. The van der Waals surface area contributed by atoms with E-state index < -0.39 is 12.1 Å². The molecule has 0 fully saturated rings. The van der Waals surface area contributed by atoms with E-state index in [1.165, 1.54) is 6.07 Å². The van der Waals surface area contributed by atoms with Gasteiger partial charge in [0.1, 0.15) is 10.8 Å². The molecule has 1 aromatic rings. The van der Waals surface area contributed by atoms with Crippen LogP contribution in [0.25, 0.3) is 0 Å². The quantitative estimate of drug-likeness (QED) is 0.647. The van der Waals surface area contributed by atoms with E-state index in [9.17, 15) is 8.78 Å². The molecule has 0 spiro atoms. The van der Waals surface area contributed by atoms with Gasteiger partial charge in [0.25, 0.3) is 6.43 Å². The average molecular weight is 212 g/mol. The summed E-state index contributed by atoms with van der Waals surface area (Å²) in [6.45, 7) is 1.65. The lowest BCUT2D eigenvalue weighted by molar-refractivity contribution is 0.146. The fourth-order valence-electron chi connectivity index (χ4n) is 0.724. The van der Waals surface area contributed by atoms with Gasteiger partial charge < -0.3 is 0 Å². The number of aryl methyl sites for hydroxylation is 1. The zero-order valence-electron chi connectivity index (χ0n) is 6.11. The molecule has 66 valence electrons. The first kappa shape index (κ1) is 9.68. The van der Waals surface area contributed by atoms with E-state index in [4.69, 9.17) is 23.2 Å². The van der Waals surface area contributed by atoms with Gasteiger partial charge in [0.05, 0.1) is 5.02 Å². The Labute approximate surface area is 78.3 Å². The maximum absolute atomic E-state index is 12.1. The molecule has 0 bridgehead atoms. The normalized spacial score (nSPS) is 10.8. The molecule has 0 N–H and O–H groups in total. The van der Waals surface area contributed by atoms with Gasteiger partial charge in [-0.25, -0.2) is 13.8 Å². The molecule has 0 unspecified atom stereocenters. The summed E-state index contributed by atoms with van der Waals surface area (Å²) in [5.41, 5.74) is 0.123. The van der Waals surface area contributed by atoms with Crippen molar-refractivity contribution in [3.05, 3.63) is 27.5 Å². The molecule has 0 saturated carbocycles. The molecule has 0 aliphatic rings. The zero-order valence-corrected chi connectivity index (χ0v) is 7.63. The monoisotopic (exact) mass is 211 g/mol. The molecule has 0 aliphatic heterocycles. The van der Waals surface area contributed by atoms with Gasteiger partial charge in [-0.3, -0.25) is 0 Å². The van der Waals surface area contributed by atoms with E-state index in [0.717, 1.165) is 0 Å². The Bertz CT molecular complexity index is 302. The summed E-state index contributed by atoms with van der Waals surface area (Å²) >= 11 is 11.0. The molecule has 1 aromatic heterocycles. The molecule has 5 heteroatoms. The maximum atomic E-state index is 12.1. The van der Waals surface area contributed by atoms with Crippen molar-refractivity contribution in [1.82, 2.24) is 4.98 Å². The van der Waals surface area contributed by atoms with Crippen molar-refractivity contribution in [3.8, 4) is 0 Å². The molecule has 12 heavy (non-hydrogen) atoms. The van der Waals surface area contributed by atoms with E-state index >= 15 is 0 Å². The lowest BCUT2D eigenvalue weighted by Gasteiger charge is -2.04. The third-order valence-electron chi connectivity index (χ3n) is 1.34. The summed E-state index contributed by atoms with van der Waals surface area (Å²) in [4.78, 5) is 3.46. The van der Waals surface area contributed by atoms with Gasteiger partial charge in [0.2, 0.25) is 0 Å². The Hall–Kier alpha value is -0.410. The van der Waals surface area contributed by atoms with Crippen molar-refractivity contribution >= 4 is 23.2 Å². The van der Waals surface area contributed by atoms with Crippen LogP contribution in [0.5, 0.6) is 0 Å². The fraction of sp³-hybridized carbons (Fsp3) is 0.286. The Morgan fingerprint density at radius 1 is 1.42 bits per heavy atom. The number of nitrogens with zero attached hydrogens (tertiary/aromatic N) is 1.